The van der Waals surface area contributed by atoms with Crippen LogP contribution in [0.2, 0.25) is 0 Å². The van der Waals surface area contributed by atoms with Crippen LogP contribution >= 0.6 is 0 Å². The minimum Gasteiger partial charge on any atom is -0.380 e. The Kier molecular flexibility index (Phi) is 4.73. The molecule has 4 aromatic rings. The second kappa shape index (κ2) is 7.56. The molecule has 6 rings (SSSR count). The number of piperidine rings is 1. The van der Waals surface area contributed by atoms with Crippen molar-refractivity contribution in [3.8, 4) is 0 Å². The predicted molar refractivity (Wildman–Crippen MR) is 131 cm³/mol. The molecule has 1 fully saturated rings. The molecule has 1 aliphatic carbocycles. The summed E-state index contributed by atoms with van der Waals surface area (Å²) in [5.74, 6) is -0.0563. The first kappa shape index (κ1) is 20.7. The fourth-order valence-electron chi connectivity index (χ4n) is 6.62. The van der Waals surface area contributed by atoms with E-state index in [0.717, 1.165) is 36.0 Å². The normalized spacial score (nSPS) is 25.2. The Morgan fingerprint density at radius 2 is 1.64 bits per heavy atom. The molecule has 0 bridgehead atoms. The van der Waals surface area contributed by atoms with Crippen LogP contribution < -0.4 is 0 Å². The molecule has 0 saturated carbocycles. The number of fused-ring (bicyclic) bond motifs is 2. The largest absolute Gasteiger partial charge is 0.380 e. The van der Waals surface area contributed by atoms with Gasteiger partial charge < -0.3 is 14.8 Å². The Morgan fingerprint density at radius 1 is 0.970 bits per heavy atom. The van der Waals surface area contributed by atoms with Gasteiger partial charge in [0.25, 0.3) is 0 Å². The average Bonchev–Trinajstić information content (AvgIpc) is 3.29. The third kappa shape index (κ3) is 2.88. The molecule has 0 amide bonds. The van der Waals surface area contributed by atoms with Crippen LogP contribution in [0.5, 0.6) is 0 Å². The summed E-state index contributed by atoms with van der Waals surface area (Å²) < 4.78 is 6.50. The molecular weight excluding hydrogens is 408 g/mol. The molecule has 4 nitrogen and oxygen atoms in total. The first-order valence-corrected chi connectivity index (χ1v) is 11.8. The Bertz CT molecular complexity index is 1240. The molecular formula is C29H30N2O2. The molecule has 0 radical (unpaired) electrons. The Morgan fingerprint density at radius 3 is 2.27 bits per heavy atom. The van der Waals surface area contributed by atoms with E-state index in [-0.39, 0.29) is 12.0 Å². The number of H-pyrrole nitrogens is 1. The number of nitrogens with zero attached hydrogens (tertiary/aromatic N) is 1. The summed E-state index contributed by atoms with van der Waals surface area (Å²) in [4.78, 5) is 5.86. The third-order valence-electron chi connectivity index (χ3n) is 8.17. The molecule has 1 aromatic heterocycles. The molecule has 4 heteroatoms. The average molecular weight is 439 g/mol. The maximum atomic E-state index is 12.6. The summed E-state index contributed by atoms with van der Waals surface area (Å²) in [6.45, 7) is 0.784. The Hall–Kier alpha value is -2.92. The molecule has 3 aromatic carbocycles. The minimum atomic E-state index is -1.13. The lowest BCUT2D eigenvalue weighted by molar-refractivity contribution is -0.155. The molecule has 3 atom stereocenters. The maximum absolute atomic E-state index is 12.6. The van der Waals surface area contributed by atoms with Gasteiger partial charge in [0, 0.05) is 42.7 Å². The summed E-state index contributed by atoms with van der Waals surface area (Å²) in [5, 5.41) is 13.8. The van der Waals surface area contributed by atoms with Crippen LogP contribution in [0.25, 0.3) is 10.9 Å². The number of hydrogen-bond acceptors (Lipinski definition) is 3. The van der Waals surface area contributed by atoms with Gasteiger partial charge in [-0.05, 0) is 48.2 Å². The van der Waals surface area contributed by atoms with Gasteiger partial charge in [-0.1, -0.05) is 72.8 Å². The molecule has 1 saturated heterocycles. The van der Waals surface area contributed by atoms with Crippen molar-refractivity contribution in [2.45, 2.75) is 30.1 Å². The number of rotatable bonds is 4. The van der Waals surface area contributed by atoms with Crippen molar-refractivity contribution in [3.63, 3.8) is 0 Å². The van der Waals surface area contributed by atoms with Gasteiger partial charge in [0.1, 0.15) is 11.2 Å². The monoisotopic (exact) mass is 438 g/mol. The van der Waals surface area contributed by atoms with Gasteiger partial charge in [-0.25, -0.2) is 0 Å². The number of aromatic nitrogens is 1. The van der Waals surface area contributed by atoms with E-state index in [1.54, 1.807) is 0 Å². The van der Waals surface area contributed by atoms with Crippen molar-refractivity contribution in [3.05, 3.63) is 107 Å². The van der Waals surface area contributed by atoms with Gasteiger partial charge in [-0.15, -0.1) is 0 Å². The molecule has 1 aliphatic heterocycles. The number of ether oxygens (including phenoxy) is 1. The van der Waals surface area contributed by atoms with E-state index in [0.29, 0.717) is 0 Å². The summed E-state index contributed by atoms with van der Waals surface area (Å²) in [6, 6.07) is 26.9. The second-order valence-corrected chi connectivity index (χ2v) is 9.69. The van der Waals surface area contributed by atoms with Crippen LogP contribution in [0.4, 0.5) is 0 Å². The molecule has 2 N–H and O–H groups in total. The van der Waals surface area contributed by atoms with Crippen molar-refractivity contribution in [2.24, 2.45) is 5.92 Å². The SMILES string of the molecule is CO[C@]12C[C@H](C(O)(c3ccccc3)c3ccccc3)CN(C)[C@@H]1Cc1c[nH]c3cccc2c13. The summed E-state index contributed by atoms with van der Waals surface area (Å²) in [7, 11) is 4.02. The lowest BCUT2D eigenvalue weighted by atomic mass is 9.63. The van der Waals surface area contributed by atoms with Gasteiger partial charge in [0.05, 0.1) is 0 Å². The number of likely N-dealkylation sites (N-methyl/N-ethyl adjacent to an activating group) is 1. The fraction of sp³-hybridized carbons (Fsp3) is 0.310. The molecule has 2 aliphatic rings. The summed E-state index contributed by atoms with van der Waals surface area (Å²) in [5.41, 5.74) is 3.97. The van der Waals surface area contributed by atoms with Crippen molar-refractivity contribution < 1.29 is 9.84 Å². The zero-order chi connectivity index (χ0) is 22.6. The smallest absolute Gasteiger partial charge is 0.119 e. The highest BCUT2D eigenvalue weighted by Crippen LogP contribution is 2.53. The molecule has 2 heterocycles. The van der Waals surface area contributed by atoms with E-state index >= 15 is 0 Å². The van der Waals surface area contributed by atoms with Crippen LogP contribution in [-0.2, 0) is 22.4 Å². The van der Waals surface area contributed by atoms with Crippen molar-refractivity contribution in [1.29, 1.82) is 0 Å². The lowest BCUT2D eigenvalue weighted by Crippen LogP contribution is -2.62. The fourth-order valence-corrected chi connectivity index (χ4v) is 6.62. The Balaban J connectivity index is 1.54. The van der Waals surface area contributed by atoms with Crippen molar-refractivity contribution in [1.82, 2.24) is 9.88 Å². The van der Waals surface area contributed by atoms with E-state index < -0.39 is 11.2 Å². The van der Waals surface area contributed by atoms with Crippen LogP contribution in [0.15, 0.2) is 85.1 Å². The third-order valence-corrected chi connectivity index (χ3v) is 8.17. The molecule has 0 unspecified atom stereocenters. The number of benzene rings is 3. The first-order chi connectivity index (χ1) is 16.1. The van der Waals surface area contributed by atoms with Gasteiger partial charge in [0.2, 0.25) is 0 Å². The summed E-state index contributed by atoms with van der Waals surface area (Å²) in [6.07, 6.45) is 3.82. The number of hydrogen-bond donors (Lipinski definition) is 2. The second-order valence-electron chi connectivity index (χ2n) is 9.69. The van der Waals surface area contributed by atoms with Crippen LogP contribution in [-0.4, -0.2) is 41.7 Å². The van der Waals surface area contributed by atoms with Gasteiger partial charge >= 0.3 is 0 Å². The lowest BCUT2D eigenvalue weighted by Gasteiger charge is -2.56. The van der Waals surface area contributed by atoms with Crippen molar-refractivity contribution >= 4 is 10.9 Å². The molecule has 0 spiro atoms. The highest BCUT2D eigenvalue weighted by molar-refractivity contribution is 5.88. The van der Waals surface area contributed by atoms with E-state index in [1.807, 2.05) is 67.8 Å². The quantitative estimate of drug-likeness (QED) is 0.480. The predicted octanol–water partition coefficient (Wildman–Crippen LogP) is 4.82. The van der Waals surface area contributed by atoms with Gasteiger partial charge in [-0.2, -0.15) is 0 Å². The zero-order valence-electron chi connectivity index (χ0n) is 19.2. The number of aliphatic hydroxyl groups is 1. The number of methoxy groups -OCH3 is 1. The van der Waals surface area contributed by atoms with Crippen LogP contribution in [0, 0.1) is 5.92 Å². The van der Waals surface area contributed by atoms with E-state index in [1.165, 1.54) is 16.5 Å². The van der Waals surface area contributed by atoms with E-state index in [9.17, 15) is 5.11 Å². The van der Waals surface area contributed by atoms with Crippen LogP contribution in [0.1, 0.15) is 28.7 Å². The van der Waals surface area contributed by atoms with Crippen LogP contribution in [0.3, 0.4) is 0 Å². The number of likely N-dealkylation sites (tertiary alicyclic amines) is 1. The van der Waals surface area contributed by atoms with E-state index in [2.05, 4.69) is 41.3 Å². The highest BCUT2D eigenvalue weighted by Gasteiger charge is 2.56. The number of aromatic amines is 1. The van der Waals surface area contributed by atoms with Gasteiger partial charge in [0.15, 0.2) is 0 Å². The van der Waals surface area contributed by atoms with E-state index in [4.69, 9.17) is 4.74 Å². The van der Waals surface area contributed by atoms with Gasteiger partial charge in [-0.3, -0.25) is 4.90 Å². The standard InChI is InChI=1S/C29H30N2O2/c1-31-19-23(29(32,21-10-5-3-6-11-21)22-12-7-4-8-13-22)17-28(33-2)24-14-9-15-25-27(24)20(18-30-25)16-26(28)31/h3-15,18,23,26,30,32H,16-17,19H2,1-2H3/t23-,26+,28-/m0/s1. The maximum Gasteiger partial charge on any atom is 0.119 e. The highest BCUT2D eigenvalue weighted by atomic mass is 16.5. The molecule has 168 valence electrons. The summed E-state index contributed by atoms with van der Waals surface area (Å²) >= 11 is 0. The molecule has 33 heavy (non-hydrogen) atoms. The number of nitrogens with one attached hydrogen (secondary N) is 1. The van der Waals surface area contributed by atoms with Crippen molar-refractivity contribution in [2.75, 3.05) is 20.7 Å². The first-order valence-electron chi connectivity index (χ1n) is 11.8. The minimum absolute atomic E-state index is 0.0563. The zero-order valence-corrected chi connectivity index (χ0v) is 19.2. The topological polar surface area (TPSA) is 48.5 Å². The Labute approximate surface area is 194 Å².